The monoisotopic (exact) mass is 184 g/mol. The van der Waals surface area contributed by atoms with Gasteiger partial charge in [-0.15, -0.1) is 0 Å². The number of nitrogens with zero attached hydrogens (tertiary/aromatic N) is 2. The first kappa shape index (κ1) is 6.57. The van der Waals surface area contributed by atoms with Crippen LogP contribution >= 0.6 is 12.9 Å². The van der Waals surface area contributed by atoms with Crippen molar-refractivity contribution in [3.8, 4) is 0 Å². The molecule has 1 heterocycles. The zero-order chi connectivity index (χ0) is 5.98. The number of halogens is 1. The number of aryl methyl sites for hydroxylation is 1. The number of hydrogen-bond donors (Lipinski definition) is 0. The Morgan fingerprint density at radius 2 is 2.62 bits per heavy atom. The molecule has 0 fully saturated rings. The van der Waals surface area contributed by atoms with Gasteiger partial charge in [0.15, 0.2) is 0 Å². The van der Waals surface area contributed by atoms with Gasteiger partial charge < -0.3 is 4.57 Å². The molecule has 0 radical (unpaired) electrons. The Kier molecular flexibility index (Phi) is 2.34. The third-order valence-electron chi connectivity index (χ3n) is 1.04. The second-order valence-electron chi connectivity index (χ2n) is 1.59. The van der Waals surface area contributed by atoms with Gasteiger partial charge in [0.25, 0.3) is 0 Å². The molecule has 0 aliphatic carbocycles. The summed E-state index contributed by atoms with van der Waals surface area (Å²) < 4.78 is 3.24. The van der Waals surface area contributed by atoms with Crippen LogP contribution in [-0.4, -0.2) is 27.7 Å². The minimum atomic E-state index is -0.231. The number of aromatic nitrogens is 2. The fraction of sp³-hybridized carbons (Fsp3) is 0.250. The molecule has 8 heavy (non-hydrogen) atoms. The van der Waals surface area contributed by atoms with Gasteiger partial charge in [0.1, 0.15) is 0 Å². The van der Waals surface area contributed by atoms with Gasteiger partial charge in [0.2, 0.25) is 0 Å². The van der Waals surface area contributed by atoms with E-state index in [1.54, 1.807) is 0 Å². The maximum atomic E-state index is 4.11. The van der Waals surface area contributed by atoms with Gasteiger partial charge in [-0.05, 0) is 3.95 Å². The molecule has 4 heteroatoms. The molecule has 0 N–H and O–H groups in total. The van der Waals surface area contributed by atoms with E-state index in [9.17, 15) is 0 Å². The number of imidazole rings is 1. The van der Waals surface area contributed by atoms with Gasteiger partial charge >= 0.3 is 18.2 Å². The molecule has 2 nitrogen and oxygen atoms in total. The third kappa shape index (κ3) is 1.24. The van der Waals surface area contributed by atoms with Crippen molar-refractivity contribution in [3.63, 3.8) is 0 Å². The largest absolute Gasteiger partial charge is 0.562 e. The summed E-state index contributed by atoms with van der Waals surface area (Å²) in [6.45, 7) is 0. The first-order valence-electron chi connectivity index (χ1n) is 2.36. The first-order valence-corrected chi connectivity index (χ1v) is 6.97. The van der Waals surface area contributed by atoms with E-state index in [0.717, 1.165) is 0 Å². The fourth-order valence-corrected chi connectivity index (χ4v) is 2.61. The van der Waals surface area contributed by atoms with Crippen LogP contribution in [0.3, 0.4) is 0 Å². The van der Waals surface area contributed by atoms with Crippen LogP contribution in [0.1, 0.15) is 0 Å². The average molecular weight is 185 g/mol. The van der Waals surface area contributed by atoms with Crippen molar-refractivity contribution in [2.75, 3.05) is 0 Å². The van der Waals surface area contributed by atoms with Crippen molar-refractivity contribution < 1.29 is 0 Å². The molecule has 1 aromatic rings. The zero-order valence-electron chi connectivity index (χ0n) is 4.63. The molecule has 0 atom stereocenters. The van der Waals surface area contributed by atoms with E-state index < -0.39 is 0 Å². The summed E-state index contributed by atoms with van der Waals surface area (Å²) in [6, 6.07) is 0. The molecule has 0 amide bonds. The van der Waals surface area contributed by atoms with Gasteiger partial charge in [-0.3, -0.25) is 17.9 Å². The van der Waals surface area contributed by atoms with Crippen molar-refractivity contribution in [2.24, 2.45) is 7.05 Å². The molecule has 0 spiro atoms. The minimum absolute atomic E-state index is 0.231. The standard InChI is InChI=1S/C4H5N2.BrH.Mg/c1-6-3-2-5-4-6;;/h2-3H,1H3;1H;/q;;+1/p-1. The molecule has 0 aliphatic heterocycles. The highest BCUT2D eigenvalue weighted by molar-refractivity contribution is 9.23. The quantitative estimate of drug-likeness (QED) is 0.566. The second-order valence-corrected chi connectivity index (χ2v) is 4.17. The van der Waals surface area contributed by atoms with Gasteiger partial charge in [-0.1, -0.05) is 0 Å². The van der Waals surface area contributed by atoms with Crippen LogP contribution < -0.4 is 3.95 Å². The predicted octanol–water partition coefficient (Wildman–Crippen LogP) is 0.0595. The first-order chi connectivity index (χ1) is 3.84. The molecule has 1 rings (SSSR count). The lowest BCUT2D eigenvalue weighted by molar-refractivity contribution is 0.951. The van der Waals surface area contributed by atoms with Gasteiger partial charge in [-0.25, -0.2) is 0 Å². The topological polar surface area (TPSA) is 17.8 Å². The normalized spacial score (nSPS) is 8.75. The Bertz CT molecular complexity index is 174. The van der Waals surface area contributed by atoms with Crippen molar-refractivity contribution in [2.45, 2.75) is 0 Å². The predicted molar refractivity (Wildman–Crippen MR) is 37.5 cm³/mol. The fourth-order valence-electron chi connectivity index (χ4n) is 0.525. The van der Waals surface area contributed by atoms with Crippen molar-refractivity contribution in [3.05, 3.63) is 12.4 Å². The molecule has 0 aliphatic rings. The van der Waals surface area contributed by atoms with Crippen molar-refractivity contribution >= 4 is 35.0 Å². The summed E-state index contributed by atoms with van der Waals surface area (Å²) in [5.74, 6) is 0. The van der Waals surface area contributed by atoms with E-state index in [1.165, 1.54) is 3.95 Å². The smallest absolute Gasteiger partial charge is 0.364 e. The maximum absolute atomic E-state index is 4.11. The lowest BCUT2D eigenvalue weighted by Crippen LogP contribution is -2.19. The molecule has 0 saturated carbocycles. The van der Waals surface area contributed by atoms with Crippen molar-refractivity contribution in [1.29, 1.82) is 0 Å². The molecular weight excluding hydrogens is 180 g/mol. The highest BCUT2D eigenvalue weighted by Crippen LogP contribution is 1.78. The summed E-state index contributed by atoms with van der Waals surface area (Å²) in [4.78, 5) is 4.11. The second kappa shape index (κ2) is 2.84. The Hall–Kier alpha value is 0.456. The van der Waals surface area contributed by atoms with E-state index in [-0.39, 0.29) is 18.2 Å². The Morgan fingerprint density at radius 1 is 1.88 bits per heavy atom. The Labute approximate surface area is 63.9 Å². The van der Waals surface area contributed by atoms with E-state index in [2.05, 4.69) is 17.9 Å². The highest BCUT2D eigenvalue weighted by atomic mass is 79.9. The van der Waals surface area contributed by atoms with E-state index >= 15 is 0 Å². The van der Waals surface area contributed by atoms with Crippen LogP contribution in [0.2, 0.25) is 0 Å². The van der Waals surface area contributed by atoms with Crippen LogP contribution in [0.25, 0.3) is 0 Å². The van der Waals surface area contributed by atoms with E-state index in [1.807, 2.05) is 24.0 Å². The molecule has 0 bridgehead atoms. The summed E-state index contributed by atoms with van der Waals surface area (Å²) in [7, 11) is 2.01. The Balaban J connectivity index is 2.92. The van der Waals surface area contributed by atoms with Gasteiger partial charge in [-0.2, -0.15) is 0 Å². The average Bonchev–Trinajstić information content (AvgIpc) is 2.14. The van der Waals surface area contributed by atoms with Crippen LogP contribution in [0.5, 0.6) is 0 Å². The highest BCUT2D eigenvalue weighted by Gasteiger charge is 1.97. The van der Waals surface area contributed by atoms with Crippen LogP contribution in [0, 0.1) is 0 Å². The lowest BCUT2D eigenvalue weighted by Gasteiger charge is -1.92. The molecule has 0 unspecified atom stereocenters. The summed E-state index contributed by atoms with van der Waals surface area (Å²) in [6.07, 6.45) is 3.78. The van der Waals surface area contributed by atoms with Crippen LogP contribution in [0.15, 0.2) is 12.4 Å². The molecule has 0 saturated heterocycles. The molecule has 40 valence electrons. The van der Waals surface area contributed by atoms with Gasteiger partial charge in [0, 0.05) is 19.4 Å². The van der Waals surface area contributed by atoms with Crippen molar-refractivity contribution in [1.82, 2.24) is 9.55 Å². The number of rotatable bonds is 1. The lowest BCUT2D eigenvalue weighted by atomic mass is 10.9. The summed E-state index contributed by atoms with van der Waals surface area (Å²) in [5.41, 5.74) is 0. The number of hydrogen-bond acceptors (Lipinski definition) is 1. The van der Waals surface area contributed by atoms with Gasteiger partial charge in [0.05, 0.1) is 0 Å². The Morgan fingerprint density at radius 3 is 2.88 bits per heavy atom. The maximum Gasteiger partial charge on any atom is 0.562 e. The molecule has 1 aromatic heterocycles. The summed E-state index contributed by atoms with van der Waals surface area (Å²) in [5, 5.41) is 0. The molecular formula is C4H5BrMgN2. The molecule has 0 aromatic carbocycles. The third-order valence-corrected chi connectivity index (χ3v) is 3.47. The van der Waals surface area contributed by atoms with Crippen LogP contribution in [0.4, 0.5) is 0 Å². The summed E-state index contributed by atoms with van der Waals surface area (Å²) >= 11 is 3.21. The van der Waals surface area contributed by atoms with Crippen LogP contribution in [-0.2, 0) is 7.05 Å². The van der Waals surface area contributed by atoms with E-state index in [0.29, 0.717) is 0 Å². The minimum Gasteiger partial charge on any atom is -0.364 e. The zero-order valence-corrected chi connectivity index (χ0v) is 7.63. The van der Waals surface area contributed by atoms with E-state index in [4.69, 9.17) is 0 Å². The SMILES string of the molecule is Cn1ccn[c]1[Mg][Br].